The Balaban J connectivity index is 1.47. The summed E-state index contributed by atoms with van der Waals surface area (Å²) in [6.07, 6.45) is 3.08. The molecule has 2 amide bonds. The van der Waals surface area contributed by atoms with Gasteiger partial charge in [-0.05, 0) is 61.2 Å². The maximum Gasteiger partial charge on any atom is 0.325 e. The number of benzene rings is 2. The van der Waals surface area contributed by atoms with Gasteiger partial charge in [0, 0.05) is 22.4 Å². The number of urea groups is 1. The van der Waals surface area contributed by atoms with Gasteiger partial charge in [-0.2, -0.15) is 4.98 Å². The monoisotopic (exact) mass is 477 g/mol. The molecule has 0 atom stereocenters. The highest BCUT2D eigenvalue weighted by Crippen LogP contribution is 2.29. The van der Waals surface area contributed by atoms with Gasteiger partial charge in [0.05, 0.1) is 11.9 Å². The fourth-order valence-electron chi connectivity index (χ4n) is 3.53. The number of amides is 2. The number of anilines is 6. The number of thiazole rings is 1. The van der Waals surface area contributed by atoms with E-state index in [0.29, 0.717) is 21.9 Å². The molecule has 6 bridgehead atoms. The minimum absolute atomic E-state index is 0.334. The SMILES string of the molecule is Cc1csc(NC(=O)Nc2ccc3cc2CCc2cccc(c2)Nc2ncc(Cl)c(n2)N3)n1. The van der Waals surface area contributed by atoms with Gasteiger partial charge < -0.3 is 16.0 Å². The standard InChI is InChI=1S/C23H20ClN7OS/c1-13-12-33-23(26-13)31-22(32)29-19-8-7-17-10-15(19)6-5-14-3-2-4-16(9-14)28-21-25-11-18(24)20(27-17)30-21/h2-4,7-12H,5-6H2,1H3,(H2,25,27,28,30)(H2,26,29,31,32). The summed E-state index contributed by atoms with van der Waals surface area (Å²) in [4.78, 5) is 25.6. The molecule has 0 aliphatic carbocycles. The van der Waals surface area contributed by atoms with E-state index in [-0.39, 0.29) is 6.03 Å². The lowest BCUT2D eigenvalue weighted by molar-refractivity contribution is 0.262. The van der Waals surface area contributed by atoms with Crippen LogP contribution in [0.25, 0.3) is 0 Å². The Morgan fingerprint density at radius 1 is 1.06 bits per heavy atom. The van der Waals surface area contributed by atoms with Gasteiger partial charge in [-0.15, -0.1) is 11.3 Å². The largest absolute Gasteiger partial charge is 0.339 e. The van der Waals surface area contributed by atoms with Crippen LogP contribution in [-0.4, -0.2) is 21.0 Å². The van der Waals surface area contributed by atoms with Crippen molar-refractivity contribution in [2.45, 2.75) is 19.8 Å². The molecule has 3 heterocycles. The third kappa shape index (κ3) is 5.05. The summed E-state index contributed by atoms with van der Waals surface area (Å²) in [6, 6.07) is 13.5. The van der Waals surface area contributed by atoms with Gasteiger partial charge in [-0.1, -0.05) is 23.7 Å². The van der Waals surface area contributed by atoms with Crippen LogP contribution >= 0.6 is 22.9 Å². The number of fused-ring (bicyclic) bond motifs is 6. The first-order valence-electron chi connectivity index (χ1n) is 10.3. The number of halogens is 1. The number of aryl methyl sites for hydroxylation is 3. The van der Waals surface area contributed by atoms with E-state index in [1.54, 1.807) is 6.20 Å². The van der Waals surface area contributed by atoms with Crippen LogP contribution in [0.2, 0.25) is 5.02 Å². The highest BCUT2D eigenvalue weighted by atomic mass is 35.5. The van der Waals surface area contributed by atoms with Gasteiger partial charge in [0.25, 0.3) is 0 Å². The summed E-state index contributed by atoms with van der Waals surface area (Å²) in [6.45, 7) is 1.89. The number of hydrogen-bond donors (Lipinski definition) is 4. The van der Waals surface area contributed by atoms with Crippen molar-refractivity contribution in [1.82, 2.24) is 15.0 Å². The Bertz CT molecular complexity index is 1340. The number of nitrogens with zero attached hydrogens (tertiary/aromatic N) is 3. The zero-order chi connectivity index (χ0) is 22.8. The van der Waals surface area contributed by atoms with Crippen LogP contribution in [-0.2, 0) is 12.8 Å². The molecule has 4 N–H and O–H groups in total. The van der Waals surface area contributed by atoms with Crippen molar-refractivity contribution < 1.29 is 4.79 Å². The minimum atomic E-state index is -0.334. The van der Waals surface area contributed by atoms with Crippen LogP contribution in [0.3, 0.4) is 0 Å². The molecule has 0 saturated heterocycles. The second-order valence-corrected chi connectivity index (χ2v) is 8.85. The summed E-state index contributed by atoms with van der Waals surface area (Å²) in [7, 11) is 0. The van der Waals surface area contributed by atoms with Crippen molar-refractivity contribution in [2.24, 2.45) is 0 Å². The van der Waals surface area contributed by atoms with Gasteiger partial charge in [0.15, 0.2) is 10.9 Å². The van der Waals surface area contributed by atoms with Gasteiger partial charge in [0.1, 0.15) is 5.02 Å². The first-order chi connectivity index (χ1) is 16.0. The highest BCUT2D eigenvalue weighted by molar-refractivity contribution is 7.13. The van der Waals surface area contributed by atoms with E-state index in [1.807, 2.05) is 42.6 Å². The summed E-state index contributed by atoms with van der Waals surface area (Å²) in [5.41, 5.74) is 5.43. The zero-order valence-electron chi connectivity index (χ0n) is 17.6. The number of carbonyl (C=O) groups is 1. The van der Waals surface area contributed by atoms with Crippen molar-refractivity contribution in [1.29, 1.82) is 0 Å². The summed E-state index contributed by atoms with van der Waals surface area (Å²) < 4.78 is 0. The molecule has 8 nitrogen and oxygen atoms in total. The number of rotatable bonds is 2. The number of carbonyl (C=O) groups excluding carboxylic acids is 1. The van der Waals surface area contributed by atoms with E-state index >= 15 is 0 Å². The predicted octanol–water partition coefficient (Wildman–Crippen LogP) is 6.12. The minimum Gasteiger partial charge on any atom is -0.339 e. The molecule has 5 rings (SSSR count). The fourth-order valence-corrected chi connectivity index (χ4v) is 4.35. The molecular weight excluding hydrogens is 458 g/mol. The molecule has 4 aromatic rings. The van der Waals surface area contributed by atoms with Gasteiger partial charge in [-0.25, -0.2) is 14.8 Å². The Hall–Kier alpha value is -3.69. The Morgan fingerprint density at radius 2 is 1.94 bits per heavy atom. The number of aromatic nitrogens is 3. The fraction of sp³-hybridized carbons (Fsp3) is 0.130. The predicted molar refractivity (Wildman–Crippen MR) is 133 cm³/mol. The number of nitrogens with one attached hydrogen (secondary N) is 4. The Kier molecular flexibility index (Phi) is 5.80. The van der Waals surface area contributed by atoms with E-state index in [9.17, 15) is 4.79 Å². The van der Waals surface area contributed by atoms with E-state index in [2.05, 4.69) is 48.4 Å². The van der Waals surface area contributed by atoms with Crippen molar-refractivity contribution >= 4 is 62.9 Å². The van der Waals surface area contributed by atoms with Gasteiger partial charge in [-0.3, -0.25) is 5.32 Å². The lowest BCUT2D eigenvalue weighted by atomic mass is 10.0. The van der Waals surface area contributed by atoms with E-state index in [0.717, 1.165) is 46.7 Å². The van der Waals surface area contributed by atoms with Crippen molar-refractivity contribution in [2.75, 3.05) is 21.3 Å². The third-order valence-corrected chi connectivity index (χ3v) is 6.22. The highest BCUT2D eigenvalue weighted by Gasteiger charge is 2.13. The summed E-state index contributed by atoms with van der Waals surface area (Å²) in [5, 5.41) is 15.1. The van der Waals surface area contributed by atoms with Crippen LogP contribution in [0.5, 0.6) is 0 Å². The van der Waals surface area contributed by atoms with E-state index < -0.39 is 0 Å². The van der Waals surface area contributed by atoms with Crippen molar-refractivity contribution in [3.05, 3.63) is 75.9 Å². The quantitative estimate of drug-likeness (QED) is 0.277. The van der Waals surface area contributed by atoms with Crippen LogP contribution in [0, 0.1) is 6.92 Å². The van der Waals surface area contributed by atoms with Crippen LogP contribution < -0.4 is 21.3 Å². The third-order valence-electron chi connectivity index (χ3n) is 5.07. The molecule has 1 aliphatic rings. The molecule has 10 heteroatoms. The van der Waals surface area contributed by atoms with Crippen LogP contribution in [0.4, 0.5) is 38.8 Å². The molecule has 0 spiro atoms. The molecule has 1 aliphatic heterocycles. The maximum absolute atomic E-state index is 12.6. The summed E-state index contributed by atoms with van der Waals surface area (Å²) >= 11 is 7.71. The topological polar surface area (TPSA) is 104 Å². The molecular formula is C23H20ClN7OS. The molecule has 0 saturated carbocycles. The lowest BCUT2D eigenvalue weighted by Gasteiger charge is -2.14. The number of hydrogen-bond acceptors (Lipinski definition) is 7. The van der Waals surface area contributed by atoms with Crippen LogP contribution in [0.1, 0.15) is 16.8 Å². The average molecular weight is 478 g/mol. The van der Waals surface area contributed by atoms with Crippen LogP contribution in [0.15, 0.2) is 54.0 Å². The van der Waals surface area contributed by atoms with E-state index in [4.69, 9.17) is 11.6 Å². The average Bonchev–Trinajstić information content (AvgIpc) is 3.20. The lowest BCUT2D eigenvalue weighted by Crippen LogP contribution is -2.20. The Labute approximate surface area is 199 Å². The van der Waals surface area contributed by atoms with Crippen molar-refractivity contribution in [3.63, 3.8) is 0 Å². The second kappa shape index (κ2) is 9.05. The molecule has 33 heavy (non-hydrogen) atoms. The molecule has 2 aromatic carbocycles. The molecule has 0 radical (unpaired) electrons. The first kappa shape index (κ1) is 21.2. The van der Waals surface area contributed by atoms with E-state index in [1.165, 1.54) is 11.3 Å². The van der Waals surface area contributed by atoms with Gasteiger partial charge >= 0.3 is 6.03 Å². The zero-order valence-corrected chi connectivity index (χ0v) is 19.2. The second-order valence-electron chi connectivity index (χ2n) is 7.59. The summed E-state index contributed by atoms with van der Waals surface area (Å²) in [5.74, 6) is 0.944. The first-order valence-corrected chi connectivity index (χ1v) is 11.6. The normalized spacial score (nSPS) is 12.3. The molecule has 2 aromatic heterocycles. The maximum atomic E-state index is 12.6. The molecule has 0 fully saturated rings. The van der Waals surface area contributed by atoms with Gasteiger partial charge in [0.2, 0.25) is 5.95 Å². The molecule has 0 unspecified atom stereocenters. The molecule has 166 valence electrons. The smallest absolute Gasteiger partial charge is 0.325 e. The Morgan fingerprint density at radius 3 is 2.79 bits per heavy atom. The van der Waals surface area contributed by atoms with Crippen molar-refractivity contribution in [3.8, 4) is 0 Å².